The maximum atomic E-state index is 12.5. The van der Waals surface area contributed by atoms with Gasteiger partial charge in [-0.05, 0) is 36.8 Å². The molecule has 1 aromatic heterocycles. The van der Waals surface area contributed by atoms with Crippen molar-refractivity contribution in [1.29, 1.82) is 0 Å². The van der Waals surface area contributed by atoms with Crippen LogP contribution in [-0.4, -0.2) is 43.8 Å². The third-order valence-electron chi connectivity index (χ3n) is 5.02. The lowest BCUT2D eigenvalue weighted by atomic mass is 10.1. The van der Waals surface area contributed by atoms with Crippen molar-refractivity contribution in [2.45, 2.75) is 13.5 Å². The fraction of sp³-hybridized carbons (Fsp3) is 0.318. The first-order valence-electron chi connectivity index (χ1n) is 9.92. The Morgan fingerprint density at radius 1 is 1.19 bits per heavy atom. The maximum absolute atomic E-state index is 12.5. The molecule has 1 saturated heterocycles. The number of rotatable bonds is 6. The summed E-state index contributed by atoms with van der Waals surface area (Å²) in [6.07, 6.45) is 0. The Kier molecular flexibility index (Phi) is 6.39. The smallest absolute Gasteiger partial charge is 0.301 e. The van der Waals surface area contributed by atoms with Crippen molar-refractivity contribution in [2.24, 2.45) is 0 Å². The van der Waals surface area contributed by atoms with Crippen LogP contribution in [0.1, 0.15) is 11.1 Å². The Hall–Kier alpha value is -3.10. The number of ether oxygens (including phenoxy) is 2. The molecule has 31 heavy (non-hydrogen) atoms. The minimum Gasteiger partial charge on any atom is -0.483 e. The molecule has 0 aliphatic carbocycles. The summed E-state index contributed by atoms with van der Waals surface area (Å²) >= 11 is 5.87. The summed E-state index contributed by atoms with van der Waals surface area (Å²) in [4.78, 5) is 30.6. The Bertz CT molecular complexity index is 1140. The molecule has 9 heteroatoms. The predicted molar refractivity (Wildman–Crippen MR) is 117 cm³/mol. The third-order valence-corrected chi connectivity index (χ3v) is 5.27. The van der Waals surface area contributed by atoms with Crippen LogP contribution in [0.15, 0.2) is 45.6 Å². The molecule has 0 radical (unpaired) electrons. The molecule has 2 aromatic carbocycles. The Morgan fingerprint density at radius 3 is 2.68 bits per heavy atom. The fourth-order valence-corrected chi connectivity index (χ4v) is 3.40. The number of morpholine rings is 1. The van der Waals surface area contributed by atoms with Gasteiger partial charge in [0.2, 0.25) is 0 Å². The molecule has 0 atom stereocenters. The van der Waals surface area contributed by atoms with E-state index in [4.69, 9.17) is 25.5 Å². The number of halogens is 1. The second-order valence-electron chi connectivity index (χ2n) is 7.16. The van der Waals surface area contributed by atoms with Crippen molar-refractivity contribution in [1.82, 2.24) is 10.3 Å². The third kappa shape index (κ3) is 4.98. The molecule has 1 fully saturated rings. The van der Waals surface area contributed by atoms with Crippen LogP contribution in [0, 0.1) is 6.92 Å². The van der Waals surface area contributed by atoms with Crippen LogP contribution in [0.25, 0.3) is 11.0 Å². The maximum Gasteiger partial charge on any atom is 0.301 e. The lowest BCUT2D eigenvalue weighted by Gasteiger charge is -2.26. The van der Waals surface area contributed by atoms with Gasteiger partial charge in [-0.25, -0.2) is 0 Å². The largest absolute Gasteiger partial charge is 0.483 e. The van der Waals surface area contributed by atoms with Gasteiger partial charge >= 0.3 is 6.01 Å². The fourth-order valence-electron chi connectivity index (χ4n) is 3.28. The summed E-state index contributed by atoms with van der Waals surface area (Å²) < 4.78 is 17.0. The lowest BCUT2D eigenvalue weighted by Crippen LogP contribution is -2.37. The van der Waals surface area contributed by atoms with Crippen molar-refractivity contribution in [3.63, 3.8) is 0 Å². The number of amides is 1. The molecule has 8 nitrogen and oxygen atoms in total. The number of hydrogen-bond acceptors (Lipinski definition) is 7. The summed E-state index contributed by atoms with van der Waals surface area (Å²) in [5, 5.41) is 3.81. The van der Waals surface area contributed by atoms with E-state index in [9.17, 15) is 9.59 Å². The van der Waals surface area contributed by atoms with Gasteiger partial charge in [0.15, 0.2) is 12.2 Å². The molecule has 3 aromatic rings. The molecule has 1 N–H and O–H groups in total. The molecular weight excluding hydrogens is 422 g/mol. The molecule has 0 unspecified atom stereocenters. The highest BCUT2D eigenvalue weighted by Gasteiger charge is 2.19. The number of nitrogens with one attached hydrogen (secondary N) is 1. The first-order valence-corrected chi connectivity index (χ1v) is 10.3. The first kappa shape index (κ1) is 21.1. The van der Waals surface area contributed by atoms with Crippen LogP contribution in [0.2, 0.25) is 5.02 Å². The van der Waals surface area contributed by atoms with Crippen LogP contribution in [0.5, 0.6) is 5.75 Å². The van der Waals surface area contributed by atoms with Crippen LogP contribution in [0.3, 0.4) is 0 Å². The van der Waals surface area contributed by atoms with Gasteiger partial charge < -0.3 is 24.1 Å². The average molecular weight is 444 g/mol. The highest BCUT2D eigenvalue weighted by molar-refractivity contribution is 6.30. The Labute approximate surface area is 183 Å². The van der Waals surface area contributed by atoms with Crippen molar-refractivity contribution in [3.8, 4) is 5.75 Å². The topological polar surface area (TPSA) is 93.9 Å². The van der Waals surface area contributed by atoms with E-state index in [0.29, 0.717) is 60.2 Å². The predicted octanol–water partition coefficient (Wildman–Crippen LogP) is 2.68. The SMILES string of the molecule is Cc1c(OCC(=O)NCc2ccc(Cl)cc2)ccc2c(=O)nc(N3CCOCC3)oc12. The summed E-state index contributed by atoms with van der Waals surface area (Å²) in [5.41, 5.74) is 1.61. The van der Waals surface area contributed by atoms with Gasteiger partial charge in [0, 0.05) is 30.2 Å². The van der Waals surface area contributed by atoms with Gasteiger partial charge in [0.05, 0.1) is 18.6 Å². The molecule has 4 rings (SSSR count). The molecule has 1 aliphatic rings. The first-order chi connectivity index (χ1) is 15.0. The van der Waals surface area contributed by atoms with Crippen molar-refractivity contribution in [3.05, 3.63) is 62.9 Å². The van der Waals surface area contributed by atoms with Crippen molar-refractivity contribution in [2.75, 3.05) is 37.8 Å². The number of aryl methyl sites for hydroxylation is 1. The molecule has 1 aliphatic heterocycles. The zero-order valence-electron chi connectivity index (χ0n) is 17.0. The normalized spacial score (nSPS) is 13.9. The number of aromatic nitrogens is 1. The summed E-state index contributed by atoms with van der Waals surface area (Å²) in [6.45, 7) is 4.31. The number of nitrogens with zero attached hydrogens (tertiary/aromatic N) is 2. The highest BCUT2D eigenvalue weighted by Crippen LogP contribution is 2.28. The minimum absolute atomic E-state index is 0.161. The summed E-state index contributed by atoms with van der Waals surface area (Å²) in [5.74, 6) is 0.205. The molecule has 162 valence electrons. The van der Waals surface area contributed by atoms with Gasteiger partial charge in [-0.2, -0.15) is 4.98 Å². The number of anilines is 1. The number of fused-ring (bicyclic) bond motifs is 1. The van der Waals surface area contributed by atoms with Crippen molar-refractivity contribution < 1.29 is 18.7 Å². The quantitative estimate of drug-likeness (QED) is 0.626. The van der Waals surface area contributed by atoms with Gasteiger partial charge in [-0.3, -0.25) is 9.59 Å². The molecule has 1 amide bonds. The summed E-state index contributed by atoms with van der Waals surface area (Å²) in [6, 6.07) is 10.7. The van der Waals surface area contributed by atoms with E-state index < -0.39 is 0 Å². The number of benzene rings is 2. The van der Waals surface area contributed by atoms with Crippen LogP contribution in [0.4, 0.5) is 6.01 Å². The highest BCUT2D eigenvalue weighted by atomic mass is 35.5. The zero-order chi connectivity index (χ0) is 21.8. The summed E-state index contributed by atoms with van der Waals surface area (Å²) in [7, 11) is 0. The van der Waals surface area contributed by atoms with Gasteiger partial charge in [0.1, 0.15) is 5.75 Å². The standard InChI is InChI=1S/C22H22ClN3O5/c1-14-18(30-13-19(27)24-12-15-2-4-16(23)5-3-15)7-6-17-20(14)31-22(25-21(17)28)26-8-10-29-11-9-26/h2-7H,8-13H2,1H3,(H,24,27). The monoisotopic (exact) mass is 443 g/mol. The number of hydrogen-bond donors (Lipinski definition) is 1. The van der Waals surface area contributed by atoms with Crippen LogP contribution in [-0.2, 0) is 16.1 Å². The van der Waals surface area contributed by atoms with Crippen LogP contribution < -0.4 is 20.5 Å². The second-order valence-corrected chi connectivity index (χ2v) is 7.59. The molecule has 0 spiro atoms. The number of carbonyl (C=O) groups excluding carboxylic acids is 1. The number of carbonyl (C=O) groups is 1. The van der Waals surface area contributed by atoms with Crippen LogP contribution >= 0.6 is 11.6 Å². The van der Waals surface area contributed by atoms with E-state index in [1.165, 1.54) is 0 Å². The van der Waals surface area contributed by atoms with E-state index in [2.05, 4.69) is 10.3 Å². The second kappa shape index (κ2) is 9.36. The molecular formula is C22H22ClN3O5. The zero-order valence-corrected chi connectivity index (χ0v) is 17.8. The van der Waals surface area contributed by atoms with E-state index in [1.54, 1.807) is 31.2 Å². The van der Waals surface area contributed by atoms with E-state index in [-0.39, 0.29) is 24.1 Å². The van der Waals surface area contributed by atoms with Gasteiger partial charge in [-0.1, -0.05) is 23.7 Å². The Balaban J connectivity index is 1.46. The lowest BCUT2D eigenvalue weighted by molar-refractivity contribution is -0.123. The average Bonchev–Trinajstić information content (AvgIpc) is 2.79. The molecule has 2 heterocycles. The van der Waals surface area contributed by atoms with Gasteiger partial charge in [-0.15, -0.1) is 0 Å². The minimum atomic E-state index is -0.363. The van der Waals surface area contributed by atoms with E-state index in [1.807, 2.05) is 17.0 Å². The Morgan fingerprint density at radius 2 is 1.94 bits per heavy atom. The van der Waals surface area contributed by atoms with E-state index >= 15 is 0 Å². The van der Waals surface area contributed by atoms with Crippen molar-refractivity contribution >= 4 is 34.5 Å². The van der Waals surface area contributed by atoms with E-state index in [0.717, 1.165) is 5.56 Å². The van der Waals surface area contributed by atoms with Gasteiger partial charge in [0.25, 0.3) is 11.5 Å². The molecule has 0 saturated carbocycles. The molecule has 0 bridgehead atoms.